The van der Waals surface area contributed by atoms with Crippen molar-refractivity contribution in [2.45, 2.75) is 46.3 Å². The highest BCUT2D eigenvalue weighted by atomic mass is 32.2. The highest BCUT2D eigenvalue weighted by Gasteiger charge is 2.37. The van der Waals surface area contributed by atoms with Crippen LogP contribution >= 0.6 is 11.8 Å². The van der Waals surface area contributed by atoms with Crippen LogP contribution in [0, 0.1) is 18.3 Å². The van der Waals surface area contributed by atoms with Crippen molar-refractivity contribution >= 4 is 46.7 Å². The minimum absolute atomic E-state index is 0.0635. The van der Waals surface area contributed by atoms with Crippen LogP contribution in [0.2, 0.25) is 0 Å². The Hall–Kier alpha value is -3.78. The van der Waals surface area contributed by atoms with Gasteiger partial charge in [-0.2, -0.15) is 5.26 Å². The molecular weight excluding hydrogens is 478 g/mol. The van der Waals surface area contributed by atoms with Crippen LogP contribution in [0.5, 0.6) is 0 Å². The van der Waals surface area contributed by atoms with Crippen molar-refractivity contribution in [3.8, 4) is 6.07 Å². The molecule has 1 unspecified atom stereocenters. The van der Waals surface area contributed by atoms with Crippen molar-refractivity contribution in [3.63, 3.8) is 0 Å². The molecule has 11 heteroatoms. The molecule has 2 aliphatic heterocycles. The molecule has 3 heterocycles. The van der Waals surface area contributed by atoms with E-state index in [2.05, 4.69) is 26.7 Å². The van der Waals surface area contributed by atoms with E-state index in [4.69, 9.17) is 4.74 Å². The SMILES string of the molecule is CCN1/C(=C(\C#N)c2nc(NC(=O)C3CSCN3C(=O)OC(C)(C)C)ncc2C)Nc2ccccc21. The molecule has 2 aromatic rings. The zero-order chi connectivity index (χ0) is 26.0. The van der Waals surface area contributed by atoms with Gasteiger partial charge >= 0.3 is 6.09 Å². The van der Waals surface area contributed by atoms with Gasteiger partial charge in [-0.1, -0.05) is 12.1 Å². The maximum atomic E-state index is 13.1. The van der Waals surface area contributed by atoms with Gasteiger partial charge in [-0.3, -0.25) is 15.0 Å². The maximum absolute atomic E-state index is 13.1. The second kappa shape index (κ2) is 10.1. The Balaban J connectivity index is 1.60. The number of aryl methyl sites for hydroxylation is 1. The summed E-state index contributed by atoms with van der Waals surface area (Å²) in [5.41, 5.74) is 2.67. The zero-order valence-corrected chi connectivity index (χ0v) is 21.8. The van der Waals surface area contributed by atoms with Crippen LogP contribution in [0.25, 0.3) is 5.57 Å². The zero-order valence-electron chi connectivity index (χ0n) is 21.0. The number of hydrogen-bond donors (Lipinski definition) is 2. The molecule has 1 saturated heterocycles. The molecule has 4 rings (SSSR count). The van der Waals surface area contributed by atoms with E-state index >= 15 is 0 Å². The summed E-state index contributed by atoms with van der Waals surface area (Å²) in [4.78, 5) is 37.9. The van der Waals surface area contributed by atoms with Crippen molar-refractivity contribution in [3.05, 3.63) is 47.5 Å². The van der Waals surface area contributed by atoms with Gasteiger partial charge in [0.1, 0.15) is 29.1 Å². The topological polar surface area (TPSA) is 123 Å². The monoisotopic (exact) mass is 507 g/mol. The van der Waals surface area contributed by atoms with E-state index < -0.39 is 23.6 Å². The van der Waals surface area contributed by atoms with Gasteiger partial charge in [-0.05, 0) is 52.3 Å². The molecule has 1 atom stereocenters. The molecule has 1 aromatic carbocycles. The van der Waals surface area contributed by atoms with Gasteiger partial charge in [0.25, 0.3) is 5.91 Å². The number of rotatable bonds is 4. The number of anilines is 3. The van der Waals surface area contributed by atoms with E-state index in [1.54, 1.807) is 27.0 Å². The van der Waals surface area contributed by atoms with Gasteiger partial charge < -0.3 is 15.0 Å². The maximum Gasteiger partial charge on any atom is 0.411 e. The summed E-state index contributed by atoms with van der Waals surface area (Å²) in [6.45, 7) is 9.82. The summed E-state index contributed by atoms with van der Waals surface area (Å²) in [5, 5.41) is 16.2. The smallest absolute Gasteiger partial charge is 0.411 e. The molecule has 36 heavy (non-hydrogen) atoms. The van der Waals surface area contributed by atoms with E-state index in [1.165, 1.54) is 16.7 Å². The van der Waals surface area contributed by atoms with E-state index in [0.29, 0.717) is 40.8 Å². The fraction of sp³-hybridized carbons (Fsp3) is 0.400. The van der Waals surface area contributed by atoms with Crippen molar-refractivity contribution in [2.24, 2.45) is 0 Å². The Morgan fingerprint density at radius 1 is 1.33 bits per heavy atom. The van der Waals surface area contributed by atoms with Gasteiger partial charge in [0, 0.05) is 18.5 Å². The highest BCUT2D eigenvalue weighted by Crippen LogP contribution is 2.39. The molecule has 1 aromatic heterocycles. The summed E-state index contributed by atoms with van der Waals surface area (Å²) < 4.78 is 5.45. The Morgan fingerprint density at radius 3 is 2.78 bits per heavy atom. The number of allylic oxidation sites excluding steroid dienone is 1. The van der Waals surface area contributed by atoms with E-state index in [1.807, 2.05) is 43.0 Å². The third-order valence-electron chi connectivity index (χ3n) is 5.64. The number of aromatic nitrogens is 2. The molecule has 2 N–H and O–H groups in total. The van der Waals surface area contributed by atoms with Crippen LogP contribution in [-0.4, -0.2) is 56.7 Å². The second-order valence-corrected chi connectivity index (χ2v) is 10.4. The normalized spacial score (nSPS) is 18.3. The number of nitrogens with zero attached hydrogens (tertiary/aromatic N) is 5. The van der Waals surface area contributed by atoms with Crippen LogP contribution in [0.3, 0.4) is 0 Å². The lowest BCUT2D eigenvalue weighted by Gasteiger charge is -2.27. The number of para-hydroxylation sites is 2. The Bertz CT molecular complexity index is 1270. The first kappa shape index (κ1) is 25.3. The fourth-order valence-corrected chi connectivity index (χ4v) is 5.13. The molecular formula is C25H29N7O3S. The third-order valence-corrected chi connectivity index (χ3v) is 6.65. The third kappa shape index (κ3) is 5.09. The molecule has 0 radical (unpaired) electrons. The average molecular weight is 508 g/mol. The number of carbonyl (C=O) groups excluding carboxylic acids is 2. The molecule has 0 saturated carbocycles. The van der Waals surface area contributed by atoms with Gasteiger partial charge in [0.2, 0.25) is 5.95 Å². The Morgan fingerprint density at radius 2 is 2.08 bits per heavy atom. The van der Waals surface area contributed by atoms with Crippen molar-refractivity contribution < 1.29 is 14.3 Å². The van der Waals surface area contributed by atoms with Crippen LogP contribution in [0.1, 0.15) is 39.0 Å². The largest absolute Gasteiger partial charge is 0.444 e. The predicted octanol–water partition coefficient (Wildman–Crippen LogP) is 4.18. The van der Waals surface area contributed by atoms with Gasteiger partial charge in [-0.25, -0.2) is 14.8 Å². The number of nitriles is 1. The molecule has 1 fully saturated rings. The van der Waals surface area contributed by atoms with E-state index in [-0.39, 0.29) is 5.95 Å². The van der Waals surface area contributed by atoms with Crippen LogP contribution in [0.15, 0.2) is 36.3 Å². The minimum Gasteiger partial charge on any atom is -0.444 e. The highest BCUT2D eigenvalue weighted by molar-refractivity contribution is 7.99. The fourth-order valence-electron chi connectivity index (χ4n) is 3.98. The number of carbonyl (C=O) groups is 2. The summed E-state index contributed by atoms with van der Waals surface area (Å²) in [5.74, 6) is 1.08. The number of amides is 2. The molecule has 0 spiro atoms. The van der Waals surface area contributed by atoms with E-state index in [0.717, 1.165) is 11.4 Å². The Kier molecular flexibility index (Phi) is 7.08. The molecule has 0 bridgehead atoms. The number of ether oxygens (including phenoxy) is 1. The molecule has 2 amide bonds. The van der Waals surface area contributed by atoms with Crippen LogP contribution in [0.4, 0.5) is 22.1 Å². The number of thioether (sulfide) groups is 1. The quantitative estimate of drug-likeness (QED) is 0.587. The summed E-state index contributed by atoms with van der Waals surface area (Å²) in [7, 11) is 0. The van der Waals surface area contributed by atoms with E-state index in [9.17, 15) is 14.9 Å². The number of fused-ring (bicyclic) bond motifs is 1. The van der Waals surface area contributed by atoms with Crippen molar-refractivity contribution in [2.75, 3.05) is 33.7 Å². The molecule has 10 nitrogen and oxygen atoms in total. The number of nitrogens with one attached hydrogen (secondary N) is 2. The molecule has 188 valence electrons. The minimum atomic E-state index is -0.714. The van der Waals surface area contributed by atoms with Gasteiger partial charge in [0.15, 0.2) is 0 Å². The lowest BCUT2D eigenvalue weighted by atomic mass is 10.1. The lowest BCUT2D eigenvalue weighted by molar-refractivity contribution is -0.120. The molecule has 2 aliphatic rings. The van der Waals surface area contributed by atoms with Crippen LogP contribution in [-0.2, 0) is 9.53 Å². The summed E-state index contributed by atoms with van der Waals surface area (Å²) in [6.07, 6.45) is 1.03. The first-order valence-corrected chi connectivity index (χ1v) is 12.8. The second-order valence-electron chi connectivity index (χ2n) is 9.40. The number of benzene rings is 1. The first-order chi connectivity index (χ1) is 17.1. The summed E-state index contributed by atoms with van der Waals surface area (Å²) >= 11 is 1.47. The van der Waals surface area contributed by atoms with Crippen LogP contribution < -0.4 is 15.5 Å². The van der Waals surface area contributed by atoms with Crippen molar-refractivity contribution in [1.82, 2.24) is 14.9 Å². The van der Waals surface area contributed by atoms with Gasteiger partial charge in [0.05, 0.1) is 22.9 Å². The average Bonchev–Trinajstić information content (AvgIpc) is 3.45. The van der Waals surface area contributed by atoms with Crippen molar-refractivity contribution in [1.29, 1.82) is 5.26 Å². The van der Waals surface area contributed by atoms with Gasteiger partial charge in [-0.15, -0.1) is 11.8 Å². The predicted molar refractivity (Wildman–Crippen MR) is 140 cm³/mol. The number of hydrogen-bond acceptors (Lipinski definition) is 9. The standard InChI is InChI=1S/C25H29N7O3S/c1-6-31-18-10-8-7-9-17(18)28-21(31)16(11-26)20-15(2)12-27-23(29-20)30-22(33)19-13-36-14-32(19)24(34)35-25(3,4)5/h7-10,12,19,28H,6,13-14H2,1-5H3,(H,27,29,30,33)/b21-16+. The lowest BCUT2D eigenvalue weighted by Crippen LogP contribution is -2.46. The Labute approximate surface area is 214 Å². The first-order valence-electron chi connectivity index (χ1n) is 11.6. The molecule has 0 aliphatic carbocycles. The summed E-state index contributed by atoms with van der Waals surface area (Å²) in [6, 6.07) is 9.39.